The topological polar surface area (TPSA) is 25.2 Å². The van der Waals surface area contributed by atoms with Gasteiger partial charge in [-0.05, 0) is 58.2 Å². The molecule has 0 N–H and O–H groups in total. The average molecular weight is 619 g/mol. The zero-order valence-corrected chi connectivity index (χ0v) is 26.5. The molecule has 0 spiro atoms. The van der Waals surface area contributed by atoms with E-state index in [-0.39, 0.29) is 5.78 Å². The molecule has 1 aliphatic heterocycles. The van der Waals surface area contributed by atoms with Crippen molar-refractivity contribution in [2.24, 2.45) is 0 Å². The first-order valence-electron chi connectivity index (χ1n) is 16.4. The predicted octanol–water partition coefficient (Wildman–Crippen LogP) is 10.7. The summed E-state index contributed by atoms with van der Waals surface area (Å²) in [6, 6.07) is 52.2. The van der Waals surface area contributed by atoms with Crippen LogP contribution in [0.15, 0.2) is 182 Å². The molecule has 1 aliphatic rings. The van der Waals surface area contributed by atoms with E-state index in [1.54, 1.807) is 0 Å². The van der Waals surface area contributed by atoms with Crippen molar-refractivity contribution in [2.75, 3.05) is 6.54 Å². The molecule has 0 saturated carbocycles. The van der Waals surface area contributed by atoms with Crippen molar-refractivity contribution in [2.45, 2.75) is 6.54 Å². The highest BCUT2D eigenvalue weighted by molar-refractivity contribution is 6.09. The fraction of sp³-hybridized carbons (Fsp3) is 0.0444. The molecule has 6 aromatic carbocycles. The fourth-order valence-corrected chi connectivity index (χ4v) is 6.52. The van der Waals surface area contributed by atoms with Gasteiger partial charge in [0.05, 0.1) is 11.0 Å². The Balaban J connectivity index is 0.891. The molecule has 0 atom stereocenters. The number of rotatable bonds is 8. The standard InChI is InChI=1S/C45H34N2O/c48-45(38-8-2-1-3-9-38)39-22-18-35(19-23-39)32-46-30-28-34(29-31-46)15-14-33-16-20-36(21-17-33)37-24-26-40(27-25-37)47-43-12-6-4-10-41(43)42-11-5-7-13-44(42)47/h1-30H,31-32H2/b15-14+. The van der Waals surface area contributed by atoms with Crippen molar-refractivity contribution in [1.29, 1.82) is 0 Å². The molecule has 0 aliphatic carbocycles. The van der Waals surface area contributed by atoms with Gasteiger partial charge in [-0.1, -0.05) is 146 Å². The van der Waals surface area contributed by atoms with Gasteiger partial charge in [0.1, 0.15) is 0 Å². The second-order valence-electron chi connectivity index (χ2n) is 12.2. The summed E-state index contributed by atoms with van der Waals surface area (Å²) in [6.45, 7) is 1.63. The van der Waals surface area contributed by atoms with Crippen molar-refractivity contribution in [1.82, 2.24) is 9.47 Å². The summed E-state index contributed by atoms with van der Waals surface area (Å²) in [5, 5.41) is 2.55. The maximum Gasteiger partial charge on any atom is 0.193 e. The molecule has 0 radical (unpaired) electrons. The number of ketones is 1. The highest BCUT2D eigenvalue weighted by atomic mass is 16.1. The minimum Gasteiger partial charge on any atom is -0.369 e. The van der Waals surface area contributed by atoms with E-state index in [0.29, 0.717) is 11.1 Å². The third-order valence-electron chi connectivity index (χ3n) is 9.09. The number of nitrogens with zero attached hydrogens (tertiary/aromatic N) is 2. The number of hydrogen-bond acceptors (Lipinski definition) is 2. The Kier molecular flexibility index (Phi) is 7.85. The summed E-state index contributed by atoms with van der Waals surface area (Å²) in [5.74, 6) is 0.0548. The Morgan fingerprint density at radius 1 is 0.583 bits per heavy atom. The minimum atomic E-state index is 0.0548. The molecule has 48 heavy (non-hydrogen) atoms. The predicted molar refractivity (Wildman–Crippen MR) is 199 cm³/mol. The van der Waals surface area contributed by atoms with Gasteiger partial charge in [-0.15, -0.1) is 0 Å². The van der Waals surface area contributed by atoms with E-state index in [4.69, 9.17) is 0 Å². The molecule has 3 nitrogen and oxygen atoms in total. The zero-order valence-electron chi connectivity index (χ0n) is 26.5. The lowest BCUT2D eigenvalue weighted by Crippen LogP contribution is -2.19. The first kappa shape index (κ1) is 29.2. The summed E-state index contributed by atoms with van der Waals surface area (Å²) < 4.78 is 2.35. The SMILES string of the molecule is O=C(c1ccccc1)c1ccc(CN2C=CC(/C=C/c3ccc(-c4ccc(-n5c6ccccc6c6ccccc65)cc4)cc3)=CC2)cc1. The van der Waals surface area contributed by atoms with E-state index in [1.807, 2.05) is 54.6 Å². The van der Waals surface area contributed by atoms with Gasteiger partial charge in [0.25, 0.3) is 0 Å². The van der Waals surface area contributed by atoms with Gasteiger partial charge < -0.3 is 9.47 Å². The number of carbonyl (C=O) groups is 1. The van der Waals surface area contributed by atoms with Crippen LogP contribution in [0.25, 0.3) is 44.7 Å². The van der Waals surface area contributed by atoms with Crippen molar-refractivity contribution in [3.63, 3.8) is 0 Å². The van der Waals surface area contributed by atoms with Crippen LogP contribution < -0.4 is 0 Å². The van der Waals surface area contributed by atoms with Crippen molar-refractivity contribution in [3.05, 3.63) is 204 Å². The van der Waals surface area contributed by atoms with E-state index in [2.05, 4.69) is 137 Å². The molecule has 0 unspecified atom stereocenters. The zero-order chi connectivity index (χ0) is 32.3. The molecule has 1 aromatic heterocycles. The van der Waals surface area contributed by atoms with Crippen LogP contribution in [0.1, 0.15) is 27.0 Å². The number of carbonyl (C=O) groups excluding carboxylic acids is 1. The molecule has 8 rings (SSSR count). The molecular formula is C45H34N2O. The number of allylic oxidation sites excluding steroid dienone is 3. The normalized spacial score (nSPS) is 13.0. The minimum absolute atomic E-state index is 0.0548. The molecule has 3 heteroatoms. The third-order valence-corrected chi connectivity index (χ3v) is 9.09. The van der Waals surface area contributed by atoms with Crippen molar-refractivity contribution in [3.8, 4) is 16.8 Å². The Morgan fingerprint density at radius 3 is 1.79 bits per heavy atom. The van der Waals surface area contributed by atoms with Crippen molar-refractivity contribution >= 4 is 33.7 Å². The van der Waals surface area contributed by atoms with Gasteiger partial charge in [-0.2, -0.15) is 0 Å². The molecule has 0 amide bonds. The smallest absolute Gasteiger partial charge is 0.193 e. The summed E-state index contributed by atoms with van der Waals surface area (Å²) >= 11 is 0. The number of aromatic nitrogens is 1. The first-order chi connectivity index (χ1) is 23.7. The second kappa shape index (κ2) is 12.9. The molecular weight excluding hydrogens is 585 g/mol. The largest absolute Gasteiger partial charge is 0.369 e. The van der Waals surface area contributed by atoms with Crippen LogP contribution in [0, 0.1) is 0 Å². The van der Waals surface area contributed by atoms with E-state index in [0.717, 1.165) is 18.8 Å². The molecule has 2 heterocycles. The van der Waals surface area contributed by atoms with Gasteiger partial charge in [-0.3, -0.25) is 4.79 Å². The highest BCUT2D eigenvalue weighted by Crippen LogP contribution is 2.32. The Labute approximate surface area is 281 Å². The Hall–Kier alpha value is -6.19. The van der Waals surface area contributed by atoms with Crippen LogP contribution in [0.5, 0.6) is 0 Å². The highest BCUT2D eigenvalue weighted by Gasteiger charge is 2.12. The van der Waals surface area contributed by atoms with Crippen LogP contribution in [-0.2, 0) is 6.54 Å². The lowest BCUT2D eigenvalue weighted by atomic mass is 10.0. The Morgan fingerprint density at radius 2 is 1.17 bits per heavy atom. The van der Waals surface area contributed by atoms with Gasteiger partial charge in [0, 0.05) is 46.9 Å². The quantitative estimate of drug-likeness (QED) is 0.158. The molecule has 0 saturated heterocycles. The van der Waals surface area contributed by atoms with E-state index in [9.17, 15) is 4.79 Å². The lowest BCUT2D eigenvalue weighted by molar-refractivity contribution is 0.103. The summed E-state index contributed by atoms with van der Waals surface area (Å²) in [6.07, 6.45) is 10.9. The number of benzene rings is 6. The molecule has 0 fully saturated rings. The van der Waals surface area contributed by atoms with Gasteiger partial charge >= 0.3 is 0 Å². The van der Waals surface area contributed by atoms with E-state index >= 15 is 0 Å². The van der Waals surface area contributed by atoms with Crippen LogP contribution >= 0.6 is 0 Å². The van der Waals surface area contributed by atoms with Gasteiger partial charge in [0.15, 0.2) is 5.78 Å². The van der Waals surface area contributed by atoms with Gasteiger partial charge in [-0.25, -0.2) is 0 Å². The van der Waals surface area contributed by atoms with Crippen LogP contribution in [-0.4, -0.2) is 21.8 Å². The summed E-state index contributed by atoms with van der Waals surface area (Å²) in [4.78, 5) is 15.0. The van der Waals surface area contributed by atoms with Crippen LogP contribution in [0.3, 0.4) is 0 Å². The maximum atomic E-state index is 12.7. The summed E-state index contributed by atoms with van der Waals surface area (Å²) in [7, 11) is 0. The maximum absolute atomic E-state index is 12.7. The lowest BCUT2D eigenvalue weighted by Gasteiger charge is -2.22. The average Bonchev–Trinajstić information content (AvgIpc) is 3.50. The summed E-state index contributed by atoms with van der Waals surface area (Å²) in [5.41, 5.74) is 11.0. The third kappa shape index (κ3) is 5.90. The van der Waals surface area contributed by atoms with Crippen LogP contribution in [0.4, 0.5) is 0 Å². The second-order valence-corrected chi connectivity index (χ2v) is 12.2. The van der Waals surface area contributed by atoms with Crippen molar-refractivity contribution < 1.29 is 4.79 Å². The van der Waals surface area contributed by atoms with Crippen LogP contribution in [0.2, 0.25) is 0 Å². The van der Waals surface area contributed by atoms with Gasteiger partial charge in [0.2, 0.25) is 0 Å². The number of hydrogen-bond donors (Lipinski definition) is 0. The Bertz CT molecular complexity index is 2270. The number of fused-ring (bicyclic) bond motifs is 3. The first-order valence-corrected chi connectivity index (χ1v) is 16.4. The monoisotopic (exact) mass is 618 g/mol. The van der Waals surface area contributed by atoms with E-state index in [1.165, 1.54) is 49.6 Å². The molecule has 7 aromatic rings. The fourth-order valence-electron chi connectivity index (χ4n) is 6.52. The van der Waals surface area contributed by atoms with E-state index < -0.39 is 0 Å². The molecule has 0 bridgehead atoms. The number of para-hydroxylation sites is 2. The molecule has 230 valence electrons.